The summed E-state index contributed by atoms with van der Waals surface area (Å²) in [4.78, 5) is 14.1. The van der Waals surface area contributed by atoms with Crippen molar-refractivity contribution in [2.24, 2.45) is 0 Å². The van der Waals surface area contributed by atoms with Gasteiger partial charge < -0.3 is 20.3 Å². The molecule has 1 saturated heterocycles. The molecule has 0 saturated carbocycles. The van der Waals surface area contributed by atoms with Gasteiger partial charge >= 0.3 is 6.03 Å². The average Bonchev–Trinajstić information content (AvgIpc) is 2.75. The summed E-state index contributed by atoms with van der Waals surface area (Å²) < 4.78 is 31.9. The van der Waals surface area contributed by atoms with E-state index in [0.717, 1.165) is 17.0 Å². The smallest absolute Gasteiger partial charge is 0.319 e. The highest BCUT2D eigenvalue weighted by atomic mass is 32.2. The highest BCUT2D eigenvalue weighted by molar-refractivity contribution is 7.89. The van der Waals surface area contributed by atoms with Gasteiger partial charge in [0.05, 0.1) is 12.9 Å². The average molecular weight is 433 g/mol. The summed E-state index contributed by atoms with van der Waals surface area (Å²) in [5.74, 6) is 0.663. The summed E-state index contributed by atoms with van der Waals surface area (Å²) in [6, 6.07) is 14.7. The van der Waals surface area contributed by atoms with Gasteiger partial charge in [-0.3, -0.25) is 0 Å². The molecule has 30 heavy (non-hydrogen) atoms. The van der Waals surface area contributed by atoms with Crippen LogP contribution >= 0.6 is 0 Å². The van der Waals surface area contributed by atoms with Gasteiger partial charge in [0.25, 0.3) is 0 Å². The van der Waals surface area contributed by atoms with Gasteiger partial charge in [0.2, 0.25) is 10.0 Å². The number of methoxy groups -OCH3 is 1. The number of nitrogens with one attached hydrogen (secondary N) is 2. The Morgan fingerprint density at radius 2 is 1.63 bits per heavy atom. The Hall–Kier alpha value is -2.78. The van der Waals surface area contributed by atoms with E-state index >= 15 is 0 Å². The molecule has 0 unspecified atom stereocenters. The standard InChI is InChI=1S/C21H28N4O4S/c1-17-3-5-18(6-4-17)23-21(26)22-11-16-30(27,28)25-14-12-24(13-15-25)19-7-9-20(29-2)10-8-19/h3-10H,11-16H2,1-2H3,(H2,22,23,26). The number of nitrogens with zero attached hydrogens (tertiary/aromatic N) is 2. The van der Waals surface area contributed by atoms with Gasteiger partial charge in [0.1, 0.15) is 5.75 Å². The SMILES string of the molecule is COc1ccc(N2CCN(S(=O)(=O)CCNC(=O)Nc3ccc(C)cc3)CC2)cc1. The topological polar surface area (TPSA) is 91.0 Å². The van der Waals surface area contributed by atoms with Crippen LogP contribution in [0.3, 0.4) is 0 Å². The monoisotopic (exact) mass is 432 g/mol. The minimum atomic E-state index is -3.43. The number of urea groups is 1. The van der Waals surface area contributed by atoms with Crippen molar-refractivity contribution in [3.05, 3.63) is 54.1 Å². The van der Waals surface area contributed by atoms with Crippen LogP contribution in [-0.2, 0) is 10.0 Å². The molecule has 3 rings (SSSR count). The highest BCUT2D eigenvalue weighted by Crippen LogP contribution is 2.21. The number of hydrogen-bond donors (Lipinski definition) is 2. The van der Waals surface area contributed by atoms with E-state index in [-0.39, 0.29) is 12.3 Å². The summed E-state index contributed by atoms with van der Waals surface area (Å²) in [5, 5.41) is 5.30. The fraction of sp³-hybridized carbons (Fsp3) is 0.381. The van der Waals surface area contributed by atoms with Crippen LogP contribution in [-0.4, -0.2) is 64.3 Å². The van der Waals surface area contributed by atoms with Gasteiger partial charge in [-0.1, -0.05) is 17.7 Å². The van der Waals surface area contributed by atoms with E-state index in [0.29, 0.717) is 31.9 Å². The first-order chi connectivity index (χ1) is 14.4. The van der Waals surface area contributed by atoms with Crippen LogP contribution in [0.25, 0.3) is 0 Å². The second-order valence-corrected chi connectivity index (χ2v) is 9.24. The maximum atomic E-state index is 12.6. The number of benzene rings is 2. The number of carbonyl (C=O) groups excluding carboxylic acids is 1. The van der Waals surface area contributed by atoms with Gasteiger partial charge in [0, 0.05) is 44.1 Å². The summed E-state index contributed by atoms with van der Waals surface area (Å²) in [7, 11) is -1.80. The lowest BCUT2D eigenvalue weighted by atomic mass is 10.2. The number of sulfonamides is 1. The zero-order chi connectivity index (χ0) is 21.6. The van der Waals surface area contributed by atoms with Gasteiger partial charge in [-0.25, -0.2) is 13.2 Å². The van der Waals surface area contributed by atoms with Crippen LogP contribution in [0.5, 0.6) is 5.75 Å². The molecule has 0 spiro atoms. The zero-order valence-corrected chi connectivity index (χ0v) is 18.1. The van der Waals surface area contributed by atoms with Crippen LogP contribution in [0.1, 0.15) is 5.56 Å². The molecule has 1 fully saturated rings. The quantitative estimate of drug-likeness (QED) is 0.701. The van der Waals surface area contributed by atoms with E-state index in [4.69, 9.17) is 4.74 Å². The molecule has 0 bridgehead atoms. The molecule has 2 amide bonds. The van der Waals surface area contributed by atoms with Crippen molar-refractivity contribution in [2.75, 3.05) is 55.8 Å². The van der Waals surface area contributed by atoms with E-state index in [9.17, 15) is 13.2 Å². The molecule has 1 heterocycles. The third-order valence-electron chi connectivity index (χ3n) is 5.02. The third kappa shape index (κ3) is 5.87. The minimum absolute atomic E-state index is 0.0543. The molecular formula is C21H28N4O4S. The summed E-state index contributed by atoms with van der Waals surface area (Å²) in [6.07, 6.45) is 0. The summed E-state index contributed by atoms with van der Waals surface area (Å²) in [6.45, 7) is 4.10. The number of piperazine rings is 1. The minimum Gasteiger partial charge on any atom is -0.497 e. The molecule has 0 aromatic heterocycles. The van der Waals surface area contributed by atoms with E-state index < -0.39 is 16.1 Å². The number of amides is 2. The Balaban J connectivity index is 1.43. The second-order valence-electron chi connectivity index (χ2n) is 7.15. The Morgan fingerprint density at radius 3 is 2.23 bits per heavy atom. The molecule has 0 atom stereocenters. The molecule has 0 aliphatic carbocycles. The third-order valence-corrected chi connectivity index (χ3v) is 6.90. The second kappa shape index (κ2) is 9.82. The molecule has 2 N–H and O–H groups in total. The molecular weight excluding hydrogens is 404 g/mol. The van der Waals surface area contributed by atoms with Crippen molar-refractivity contribution in [2.45, 2.75) is 6.92 Å². The fourth-order valence-corrected chi connectivity index (χ4v) is 4.59. The number of hydrogen-bond acceptors (Lipinski definition) is 5. The van der Waals surface area contributed by atoms with Crippen molar-refractivity contribution < 1.29 is 17.9 Å². The van der Waals surface area contributed by atoms with E-state index in [1.54, 1.807) is 19.2 Å². The Labute approximate surface area is 177 Å². The predicted octanol–water partition coefficient (Wildman–Crippen LogP) is 2.28. The van der Waals surface area contributed by atoms with Gasteiger partial charge in [-0.15, -0.1) is 0 Å². The maximum Gasteiger partial charge on any atom is 0.319 e. The van der Waals surface area contributed by atoms with Gasteiger partial charge in [0.15, 0.2) is 0 Å². The summed E-state index contributed by atoms with van der Waals surface area (Å²) in [5.41, 5.74) is 2.80. The van der Waals surface area contributed by atoms with Crippen molar-refractivity contribution in [1.82, 2.24) is 9.62 Å². The fourth-order valence-electron chi connectivity index (χ4n) is 3.25. The molecule has 2 aromatic carbocycles. The molecule has 2 aromatic rings. The van der Waals surface area contributed by atoms with Crippen molar-refractivity contribution in [3.63, 3.8) is 0 Å². The van der Waals surface area contributed by atoms with Crippen LogP contribution in [0.15, 0.2) is 48.5 Å². The first-order valence-corrected chi connectivity index (χ1v) is 11.5. The van der Waals surface area contributed by atoms with Gasteiger partial charge in [-0.2, -0.15) is 4.31 Å². The predicted molar refractivity (Wildman–Crippen MR) is 119 cm³/mol. The number of rotatable bonds is 7. The number of carbonyl (C=O) groups is 1. The largest absolute Gasteiger partial charge is 0.497 e. The lowest BCUT2D eigenvalue weighted by molar-refractivity contribution is 0.252. The molecule has 1 aliphatic rings. The van der Waals surface area contributed by atoms with Crippen LogP contribution in [0, 0.1) is 6.92 Å². The van der Waals surface area contributed by atoms with E-state index in [1.807, 2.05) is 43.3 Å². The van der Waals surface area contributed by atoms with E-state index in [1.165, 1.54) is 4.31 Å². The van der Waals surface area contributed by atoms with Crippen LogP contribution in [0.4, 0.5) is 16.2 Å². The first-order valence-electron chi connectivity index (χ1n) is 9.86. The Morgan fingerprint density at radius 1 is 1.00 bits per heavy atom. The maximum absolute atomic E-state index is 12.6. The molecule has 8 nitrogen and oxygen atoms in total. The van der Waals surface area contributed by atoms with Crippen LogP contribution in [0.2, 0.25) is 0 Å². The molecule has 162 valence electrons. The number of ether oxygens (including phenoxy) is 1. The zero-order valence-electron chi connectivity index (χ0n) is 17.3. The Bertz CT molecular complexity index is 938. The lowest BCUT2D eigenvalue weighted by Crippen LogP contribution is -2.50. The van der Waals surface area contributed by atoms with Crippen molar-refractivity contribution in [1.29, 1.82) is 0 Å². The molecule has 1 aliphatic heterocycles. The lowest BCUT2D eigenvalue weighted by Gasteiger charge is -2.35. The van der Waals surface area contributed by atoms with Crippen LogP contribution < -0.4 is 20.3 Å². The van der Waals surface area contributed by atoms with Crippen molar-refractivity contribution >= 4 is 27.4 Å². The highest BCUT2D eigenvalue weighted by Gasteiger charge is 2.26. The first kappa shape index (κ1) is 21.9. The normalized spacial score (nSPS) is 14.9. The Kier molecular flexibility index (Phi) is 7.17. The van der Waals surface area contributed by atoms with E-state index in [2.05, 4.69) is 15.5 Å². The molecule has 9 heteroatoms. The molecule has 0 radical (unpaired) electrons. The number of anilines is 2. The number of aryl methyl sites for hydroxylation is 1. The summed E-state index contributed by atoms with van der Waals surface area (Å²) >= 11 is 0. The van der Waals surface area contributed by atoms with Crippen molar-refractivity contribution in [3.8, 4) is 5.75 Å². The van der Waals surface area contributed by atoms with Gasteiger partial charge in [-0.05, 0) is 43.3 Å².